The van der Waals surface area contributed by atoms with Crippen molar-refractivity contribution in [2.24, 2.45) is 5.92 Å². The van der Waals surface area contributed by atoms with Crippen LogP contribution >= 0.6 is 0 Å². The van der Waals surface area contributed by atoms with Crippen LogP contribution in [0, 0.1) is 5.92 Å². The maximum Gasteiger partial charge on any atom is 0.339 e. The largest absolute Gasteiger partial charge is 0.478 e. The summed E-state index contributed by atoms with van der Waals surface area (Å²) >= 11 is 0. The van der Waals surface area contributed by atoms with Gasteiger partial charge in [0.05, 0.1) is 12.8 Å². The van der Waals surface area contributed by atoms with Crippen molar-refractivity contribution >= 4 is 5.97 Å². The number of likely N-dealkylation sites (N-methyl/N-ethyl adjacent to an activating group) is 1. The number of carboxylic acids is 1. The Morgan fingerprint density at radius 1 is 1.37 bits per heavy atom. The Kier molecular flexibility index (Phi) is 6.05. The van der Waals surface area contributed by atoms with E-state index in [1.165, 1.54) is 12.3 Å². The number of nitrogens with zero attached hydrogens (tertiary/aromatic N) is 2. The average molecular weight is 268 g/mol. The molecule has 0 saturated heterocycles. The molecule has 108 valence electrons. The predicted molar refractivity (Wildman–Crippen MR) is 74.3 cm³/mol. The number of hydrogen-bond acceptors (Lipinski definition) is 4. The van der Waals surface area contributed by atoms with Crippen molar-refractivity contribution in [1.82, 2.24) is 9.80 Å². The molecule has 1 heterocycles. The molecule has 0 aliphatic rings. The Balaban J connectivity index is 2.69. The summed E-state index contributed by atoms with van der Waals surface area (Å²) in [4.78, 5) is 15.4. The van der Waals surface area contributed by atoms with Crippen molar-refractivity contribution in [3.05, 3.63) is 23.7 Å². The summed E-state index contributed by atoms with van der Waals surface area (Å²) in [5.41, 5.74) is 0.263. The fraction of sp³-hybridized carbons (Fsp3) is 0.643. The lowest BCUT2D eigenvalue weighted by molar-refractivity contribution is 0.0692. The first kappa shape index (κ1) is 15.7. The fourth-order valence-corrected chi connectivity index (χ4v) is 1.95. The molecule has 5 nitrogen and oxygen atoms in total. The summed E-state index contributed by atoms with van der Waals surface area (Å²) in [6, 6.07) is 1.51. The van der Waals surface area contributed by atoms with Gasteiger partial charge in [-0.15, -0.1) is 0 Å². The number of rotatable bonds is 8. The smallest absolute Gasteiger partial charge is 0.339 e. The Labute approximate surface area is 114 Å². The fourth-order valence-electron chi connectivity index (χ4n) is 1.95. The SMILES string of the molecule is CC(C)CN(CCN(C)C)Cc1occc1C(=O)O. The molecular formula is C14H24N2O3. The minimum Gasteiger partial charge on any atom is -0.478 e. The van der Waals surface area contributed by atoms with Crippen molar-refractivity contribution in [3.8, 4) is 0 Å². The van der Waals surface area contributed by atoms with Crippen LogP contribution in [0.25, 0.3) is 0 Å². The van der Waals surface area contributed by atoms with Crippen LogP contribution in [0.15, 0.2) is 16.7 Å². The van der Waals surface area contributed by atoms with Gasteiger partial charge in [0.1, 0.15) is 11.3 Å². The summed E-state index contributed by atoms with van der Waals surface area (Å²) in [5, 5.41) is 9.08. The van der Waals surface area contributed by atoms with Crippen LogP contribution in [0.4, 0.5) is 0 Å². The zero-order valence-electron chi connectivity index (χ0n) is 12.2. The maximum atomic E-state index is 11.1. The van der Waals surface area contributed by atoms with Gasteiger partial charge in [0.2, 0.25) is 0 Å². The third-order valence-corrected chi connectivity index (χ3v) is 2.83. The van der Waals surface area contributed by atoms with Gasteiger partial charge in [-0.1, -0.05) is 13.8 Å². The van der Waals surface area contributed by atoms with Crippen LogP contribution in [-0.2, 0) is 6.54 Å². The van der Waals surface area contributed by atoms with E-state index in [0.29, 0.717) is 18.2 Å². The van der Waals surface area contributed by atoms with Crippen LogP contribution in [0.3, 0.4) is 0 Å². The highest BCUT2D eigenvalue weighted by Crippen LogP contribution is 2.14. The third-order valence-electron chi connectivity index (χ3n) is 2.83. The average Bonchev–Trinajstić information content (AvgIpc) is 2.73. The van der Waals surface area contributed by atoms with Crippen LogP contribution in [-0.4, -0.2) is 54.6 Å². The zero-order valence-corrected chi connectivity index (χ0v) is 12.2. The van der Waals surface area contributed by atoms with Crippen LogP contribution in [0.1, 0.15) is 30.0 Å². The highest BCUT2D eigenvalue weighted by Gasteiger charge is 2.17. The summed E-state index contributed by atoms with van der Waals surface area (Å²) in [6.07, 6.45) is 1.44. The van der Waals surface area contributed by atoms with Gasteiger partial charge in [-0.2, -0.15) is 0 Å². The molecule has 19 heavy (non-hydrogen) atoms. The molecule has 0 radical (unpaired) electrons. The zero-order chi connectivity index (χ0) is 14.4. The molecule has 0 saturated carbocycles. The maximum absolute atomic E-state index is 11.1. The van der Waals surface area contributed by atoms with Gasteiger partial charge in [0.15, 0.2) is 0 Å². The molecule has 0 spiro atoms. The number of aromatic carboxylic acids is 1. The van der Waals surface area contributed by atoms with Gasteiger partial charge in [0.25, 0.3) is 0 Å². The lowest BCUT2D eigenvalue weighted by Gasteiger charge is -2.25. The number of furan rings is 1. The van der Waals surface area contributed by atoms with Crippen molar-refractivity contribution in [3.63, 3.8) is 0 Å². The summed E-state index contributed by atoms with van der Waals surface area (Å²) in [7, 11) is 4.06. The van der Waals surface area contributed by atoms with E-state index >= 15 is 0 Å². The van der Waals surface area contributed by atoms with Crippen LogP contribution in [0.5, 0.6) is 0 Å². The number of hydrogen-bond donors (Lipinski definition) is 1. The van der Waals surface area contributed by atoms with E-state index in [1.807, 2.05) is 14.1 Å². The Morgan fingerprint density at radius 3 is 2.58 bits per heavy atom. The van der Waals surface area contributed by atoms with Crippen molar-refractivity contribution in [1.29, 1.82) is 0 Å². The highest BCUT2D eigenvalue weighted by atomic mass is 16.4. The summed E-state index contributed by atoms with van der Waals surface area (Å²) in [6.45, 7) is 7.61. The summed E-state index contributed by atoms with van der Waals surface area (Å²) in [5.74, 6) is 0.137. The quantitative estimate of drug-likeness (QED) is 0.781. The molecule has 0 aliphatic carbocycles. The van der Waals surface area contributed by atoms with E-state index in [-0.39, 0.29) is 5.56 Å². The van der Waals surface area contributed by atoms with Gasteiger partial charge >= 0.3 is 5.97 Å². The van der Waals surface area contributed by atoms with Gasteiger partial charge in [-0.05, 0) is 26.1 Å². The highest BCUT2D eigenvalue weighted by molar-refractivity contribution is 5.88. The molecule has 0 bridgehead atoms. The molecule has 0 unspecified atom stereocenters. The lowest BCUT2D eigenvalue weighted by Crippen LogP contribution is -2.34. The Hall–Kier alpha value is -1.33. The van der Waals surface area contributed by atoms with E-state index < -0.39 is 5.97 Å². The standard InChI is InChI=1S/C14H24N2O3/c1-11(2)9-16(7-6-15(3)4)10-13-12(14(17)18)5-8-19-13/h5,8,11H,6-7,9-10H2,1-4H3,(H,17,18). The van der Waals surface area contributed by atoms with Gasteiger partial charge < -0.3 is 14.4 Å². The van der Waals surface area contributed by atoms with Crippen molar-refractivity contribution < 1.29 is 14.3 Å². The molecule has 0 amide bonds. The lowest BCUT2D eigenvalue weighted by atomic mass is 10.2. The third kappa shape index (κ3) is 5.44. The Morgan fingerprint density at radius 2 is 2.05 bits per heavy atom. The van der Waals surface area contributed by atoms with Crippen LogP contribution < -0.4 is 0 Å². The van der Waals surface area contributed by atoms with Gasteiger partial charge in [-0.3, -0.25) is 4.90 Å². The second kappa shape index (κ2) is 7.31. The van der Waals surface area contributed by atoms with Gasteiger partial charge in [-0.25, -0.2) is 4.79 Å². The molecule has 1 rings (SSSR count). The monoisotopic (exact) mass is 268 g/mol. The molecule has 0 fully saturated rings. The van der Waals surface area contributed by atoms with E-state index in [9.17, 15) is 4.79 Å². The normalized spacial score (nSPS) is 11.7. The van der Waals surface area contributed by atoms with Crippen LogP contribution in [0.2, 0.25) is 0 Å². The second-order valence-corrected chi connectivity index (χ2v) is 5.49. The van der Waals surface area contributed by atoms with E-state index in [0.717, 1.165) is 19.6 Å². The molecule has 1 aromatic rings. The topological polar surface area (TPSA) is 56.9 Å². The van der Waals surface area contributed by atoms with E-state index in [2.05, 4.69) is 23.6 Å². The first-order valence-corrected chi connectivity index (χ1v) is 6.57. The molecule has 0 aromatic carbocycles. The molecular weight excluding hydrogens is 244 g/mol. The number of carbonyl (C=O) groups is 1. The molecule has 1 aromatic heterocycles. The molecule has 0 aliphatic heterocycles. The van der Waals surface area contributed by atoms with Crippen molar-refractivity contribution in [2.75, 3.05) is 33.7 Å². The molecule has 5 heteroatoms. The van der Waals surface area contributed by atoms with Crippen molar-refractivity contribution in [2.45, 2.75) is 20.4 Å². The number of carboxylic acid groups (broad SMARTS) is 1. The Bertz CT molecular complexity index is 399. The first-order valence-electron chi connectivity index (χ1n) is 6.57. The van der Waals surface area contributed by atoms with Gasteiger partial charge in [0, 0.05) is 19.6 Å². The van der Waals surface area contributed by atoms with E-state index in [4.69, 9.17) is 9.52 Å². The van der Waals surface area contributed by atoms with E-state index in [1.54, 1.807) is 0 Å². The molecule has 0 atom stereocenters. The second-order valence-electron chi connectivity index (χ2n) is 5.49. The predicted octanol–water partition coefficient (Wildman–Crippen LogP) is 2.00. The minimum atomic E-state index is -0.930. The molecule has 1 N–H and O–H groups in total. The summed E-state index contributed by atoms with van der Waals surface area (Å²) < 4.78 is 5.31. The first-order chi connectivity index (χ1) is 8.90. The minimum absolute atomic E-state index is 0.263.